The zero-order valence-corrected chi connectivity index (χ0v) is 20.5. The molecular formula is C25H32Cl2N2O4. The van der Waals surface area contributed by atoms with Gasteiger partial charge in [-0.15, -0.1) is 23.2 Å². The predicted molar refractivity (Wildman–Crippen MR) is 132 cm³/mol. The quantitative estimate of drug-likeness (QED) is 0.263. The number of aromatic hydroxyl groups is 2. The molecule has 0 aliphatic carbocycles. The summed E-state index contributed by atoms with van der Waals surface area (Å²) in [7, 11) is 0. The molecule has 4 N–H and O–H groups in total. The fraction of sp³-hybridized carbons (Fsp3) is 0.440. The van der Waals surface area contributed by atoms with Gasteiger partial charge < -0.3 is 20.8 Å². The number of hydrogen-bond acceptors (Lipinski definition) is 4. The Kier molecular flexibility index (Phi) is 10.3. The van der Waals surface area contributed by atoms with Crippen molar-refractivity contribution < 1.29 is 19.8 Å². The molecule has 33 heavy (non-hydrogen) atoms. The van der Waals surface area contributed by atoms with Crippen molar-refractivity contribution >= 4 is 35.0 Å². The highest BCUT2D eigenvalue weighted by molar-refractivity contribution is 6.19. The molecule has 8 heteroatoms. The molecule has 0 aliphatic rings. The van der Waals surface area contributed by atoms with Gasteiger partial charge >= 0.3 is 0 Å². The van der Waals surface area contributed by atoms with Crippen LogP contribution in [0.3, 0.4) is 0 Å². The van der Waals surface area contributed by atoms with Crippen molar-refractivity contribution in [3.8, 4) is 11.5 Å². The predicted octanol–water partition coefficient (Wildman–Crippen LogP) is 4.14. The Morgan fingerprint density at radius 2 is 1.09 bits per heavy atom. The molecule has 0 radical (unpaired) electrons. The van der Waals surface area contributed by atoms with E-state index in [2.05, 4.69) is 10.6 Å². The lowest BCUT2D eigenvalue weighted by atomic mass is 9.79. The van der Waals surface area contributed by atoms with E-state index in [1.807, 2.05) is 13.8 Å². The zero-order chi connectivity index (χ0) is 24.4. The molecule has 0 bridgehead atoms. The van der Waals surface area contributed by atoms with Crippen LogP contribution in [0.1, 0.15) is 37.8 Å². The van der Waals surface area contributed by atoms with Crippen LogP contribution in [0.5, 0.6) is 11.5 Å². The summed E-state index contributed by atoms with van der Waals surface area (Å²) in [6.07, 6.45) is 1.60. The van der Waals surface area contributed by atoms with Crippen molar-refractivity contribution in [2.45, 2.75) is 51.6 Å². The average Bonchev–Trinajstić information content (AvgIpc) is 2.82. The Morgan fingerprint density at radius 3 is 1.36 bits per heavy atom. The van der Waals surface area contributed by atoms with E-state index in [0.29, 0.717) is 25.7 Å². The number of alkyl halides is 2. The monoisotopic (exact) mass is 494 g/mol. The van der Waals surface area contributed by atoms with E-state index >= 15 is 0 Å². The number of rotatable bonds is 12. The topological polar surface area (TPSA) is 98.7 Å². The first-order chi connectivity index (χ1) is 15.8. The van der Waals surface area contributed by atoms with Crippen molar-refractivity contribution in [2.75, 3.05) is 11.8 Å². The SMILES string of the molecule is CCC(CC)(C(=O)N[C@H](CCl)Cc1ccc(O)cc1)C(=O)N[C@H](CCl)Cc1ccc(O)cc1. The van der Waals surface area contributed by atoms with E-state index in [4.69, 9.17) is 23.2 Å². The maximum atomic E-state index is 13.3. The molecule has 0 spiro atoms. The summed E-state index contributed by atoms with van der Waals surface area (Å²) in [6.45, 7) is 3.63. The van der Waals surface area contributed by atoms with E-state index in [9.17, 15) is 19.8 Å². The zero-order valence-electron chi connectivity index (χ0n) is 19.0. The van der Waals surface area contributed by atoms with Gasteiger partial charge in [0.25, 0.3) is 0 Å². The molecule has 0 saturated carbocycles. The Labute approximate surface area is 205 Å². The summed E-state index contributed by atoms with van der Waals surface area (Å²) in [5, 5.41) is 24.8. The van der Waals surface area contributed by atoms with E-state index < -0.39 is 5.41 Å². The van der Waals surface area contributed by atoms with Crippen LogP contribution in [0.2, 0.25) is 0 Å². The number of hydrogen-bond donors (Lipinski definition) is 4. The highest BCUT2D eigenvalue weighted by atomic mass is 35.5. The first kappa shape index (κ1) is 26.8. The first-order valence-electron chi connectivity index (χ1n) is 11.1. The number of nitrogens with one attached hydrogen (secondary N) is 2. The third-order valence-corrected chi connectivity index (χ3v) is 6.70. The minimum absolute atomic E-state index is 0.166. The van der Waals surface area contributed by atoms with Gasteiger partial charge in [-0.3, -0.25) is 9.59 Å². The number of carbonyl (C=O) groups is 2. The minimum Gasteiger partial charge on any atom is -0.508 e. The van der Waals surface area contributed by atoms with Gasteiger partial charge in [0.2, 0.25) is 11.8 Å². The summed E-state index contributed by atoms with van der Waals surface area (Å²) in [5.74, 6) is -0.0380. The lowest BCUT2D eigenvalue weighted by molar-refractivity contribution is -0.145. The fourth-order valence-electron chi connectivity index (χ4n) is 3.76. The lowest BCUT2D eigenvalue weighted by Crippen LogP contribution is -2.56. The average molecular weight is 495 g/mol. The second kappa shape index (κ2) is 12.7. The van der Waals surface area contributed by atoms with Crippen LogP contribution in [0.25, 0.3) is 0 Å². The third-order valence-electron chi connectivity index (χ3n) is 5.96. The van der Waals surface area contributed by atoms with Crippen LogP contribution < -0.4 is 10.6 Å². The van der Waals surface area contributed by atoms with Gasteiger partial charge in [0.15, 0.2) is 0 Å². The van der Waals surface area contributed by atoms with Gasteiger partial charge in [0, 0.05) is 23.8 Å². The molecular weight excluding hydrogens is 463 g/mol. The van der Waals surface area contributed by atoms with Crippen molar-refractivity contribution in [1.29, 1.82) is 0 Å². The molecule has 2 aromatic rings. The molecule has 2 amide bonds. The van der Waals surface area contributed by atoms with E-state index in [0.717, 1.165) is 11.1 Å². The molecule has 6 nitrogen and oxygen atoms in total. The molecule has 0 aliphatic heterocycles. The first-order valence-corrected chi connectivity index (χ1v) is 12.1. The van der Waals surface area contributed by atoms with Crippen LogP contribution in [-0.2, 0) is 22.4 Å². The Morgan fingerprint density at radius 1 is 0.758 bits per heavy atom. The summed E-state index contributed by atoms with van der Waals surface area (Å²) in [6, 6.07) is 12.7. The standard InChI is InChI=1S/C25H32Cl2N2O4/c1-3-25(4-2,23(32)28-19(15-26)13-17-5-9-21(30)10-6-17)24(33)29-20(16-27)14-18-7-11-22(31)12-8-18/h5-12,19-20,30-31H,3-4,13-16H2,1-2H3,(H,28,32)(H,29,33)/t19-,20-/m0/s1. The van der Waals surface area contributed by atoms with Gasteiger partial charge in [-0.2, -0.15) is 0 Å². The molecule has 0 saturated heterocycles. The number of benzene rings is 2. The maximum Gasteiger partial charge on any atom is 0.235 e. The molecule has 2 aromatic carbocycles. The summed E-state index contributed by atoms with van der Waals surface area (Å²) < 4.78 is 0. The normalized spacial score (nSPS) is 13.2. The number of carbonyl (C=O) groups excluding carboxylic acids is 2. The Balaban J connectivity index is 2.10. The summed E-state index contributed by atoms with van der Waals surface area (Å²) in [4.78, 5) is 26.6. The van der Waals surface area contributed by atoms with E-state index in [-0.39, 0.29) is 47.2 Å². The summed E-state index contributed by atoms with van der Waals surface area (Å²) >= 11 is 12.2. The largest absolute Gasteiger partial charge is 0.508 e. The van der Waals surface area contributed by atoms with Crippen LogP contribution in [0.15, 0.2) is 48.5 Å². The van der Waals surface area contributed by atoms with Gasteiger partial charge in [0.1, 0.15) is 16.9 Å². The molecule has 0 heterocycles. The van der Waals surface area contributed by atoms with Crippen molar-refractivity contribution in [1.82, 2.24) is 10.6 Å². The fourth-order valence-corrected chi connectivity index (χ4v) is 4.14. The Hall–Kier alpha value is -2.44. The number of phenols is 2. The number of halogens is 2. The second-order valence-electron chi connectivity index (χ2n) is 8.18. The second-order valence-corrected chi connectivity index (χ2v) is 8.80. The smallest absolute Gasteiger partial charge is 0.235 e. The maximum absolute atomic E-state index is 13.3. The van der Waals surface area contributed by atoms with Crippen molar-refractivity contribution in [3.63, 3.8) is 0 Å². The van der Waals surface area contributed by atoms with Crippen LogP contribution >= 0.6 is 23.2 Å². The van der Waals surface area contributed by atoms with Crippen LogP contribution in [0, 0.1) is 5.41 Å². The van der Waals surface area contributed by atoms with Gasteiger partial charge in [-0.05, 0) is 61.1 Å². The van der Waals surface area contributed by atoms with Gasteiger partial charge in [-0.25, -0.2) is 0 Å². The van der Waals surface area contributed by atoms with Gasteiger partial charge in [-0.1, -0.05) is 38.1 Å². The van der Waals surface area contributed by atoms with Crippen LogP contribution in [-0.4, -0.2) is 45.9 Å². The summed E-state index contributed by atoms with van der Waals surface area (Å²) in [5.41, 5.74) is 0.578. The minimum atomic E-state index is -1.25. The highest BCUT2D eigenvalue weighted by Gasteiger charge is 2.43. The van der Waals surface area contributed by atoms with Crippen molar-refractivity contribution in [2.24, 2.45) is 5.41 Å². The van der Waals surface area contributed by atoms with Gasteiger partial charge in [0.05, 0.1) is 0 Å². The molecule has 2 rings (SSSR count). The number of amides is 2. The molecule has 0 unspecified atom stereocenters. The highest BCUT2D eigenvalue weighted by Crippen LogP contribution is 2.28. The third kappa shape index (κ3) is 7.27. The molecule has 180 valence electrons. The number of phenolic OH excluding ortho intramolecular Hbond substituents is 2. The molecule has 0 fully saturated rings. The van der Waals surface area contributed by atoms with E-state index in [1.54, 1.807) is 48.5 Å². The lowest BCUT2D eigenvalue weighted by Gasteiger charge is -2.32. The van der Waals surface area contributed by atoms with Crippen molar-refractivity contribution in [3.05, 3.63) is 59.7 Å². The Bertz CT molecular complexity index is 828. The van der Waals surface area contributed by atoms with E-state index in [1.165, 1.54) is 0 Å². The molecule has 2 atom stereocenters. The van der Waals surface area contributed by atoms with Crippen LogP contribution in [0.4, 0.5) is 0 Å². The molecule has 0 aromatic heterocycles.